The average molecular weight is 393 g/mol. The van der Waals surface area contributed by atoms with Crippen LogP contribution in [0.3, 0.4) is 0 Å². The Morgan fingerprint density at radius 2 is 1.56 bits per heavy atom. The van der Waals surface area contributed by atoms with E-state index in [1.807, 2.05) is 0 Å². The Morgan fingerprint density at radius 3 is 2.22 bits per heavy atom. The third kappa shape index (κ3) is 7.23. The van der Waals surface area contributed by atoms with Crippen molar-refractivity contribution in [3.8, 4) is 17.2 Å². The highest BCUT2D eigenvalue weighted by Gasteiger charge is 2.16. The van der Waals surface area contributed by atoms with E-state index in [4.69, 9.17) is 4.74 Å². The van der Waals surface area contributed by atoms with Gasteiger partial charge in [-0.05, 0) is 48.7 Å². The van der Waals surface area contributed by atoms with Gasteiger partial charge < -0.3 is 9.84 Å². The first-order valence-electron chi connectivity index (χ1n) is 9.47. The Kier molecular flexibility index (Phi) is 8.13. The number of hydrogen-bond acceptors (Lipinski definition) is 4. The number of aromatic hydroxyl groups is 1. The lowest BCUT2D eigenvalue weighted by molar-refractivity contribution is 0.454. The van der Waals surface area contributed by atoms with E-state index in [1.165, 1.54) is 43.9 Å². The van der Waals surface area contributed by atoms with Gasteiger partial charge in [0.25, 0.3) is 10.1 Å². The molecule has 0 atom stereocenters. The summed E-state index contributed by atoms with van der Waals surface area (Å²) in [5, 5.41) is 9.52. The van der Waals surface area contributed by atoms with Gasteiger partial charge in [-0.15, -0.1) is 0 Å². The van der Waals surface area contributed by atoms with E-state index < -0.39 is 10.1 Å². The number of aryl methyl sites for hydroxylation is 1. The summed E-state index contributed by atoms with van der Waals surface area (Å²) in [6, 6.07) is 10.9. The Labute approximate surface area is 161 Å². The van der Waals surface area contributed by atoms with Gasteiger partial charge in [-0.2, -0.15) is 8.42 Å². The number of benzene rings is 2. The quantitative estimate of drug-likeness (QED) is 0.377. The van der Waals surface area contributed by atoms with Crippen LogP contribution in [-0.2, 0) is 16.5 Å². The molecule has 0 aliphatic carbocycles. The molecule has 0 bridgehead atoms. The van der Waals surface area contributed by atoms with Crippen LogP contribution in [0.25, 0.3) is 0 Å². The second kappa shape index (κ2) is 10.3. The molecule has 5 nitrogen and oxygen atoms in total. The van der Waals surface area contributed by atoms with E-state index in [-0.39, 0.29) is 10.6 Å². The van der Waals surface area contributed by atoms with Crippen molar-refractivity contribution < 1.29 is 22.8 Å². The zero-order chi connectivity index (χ0) is 19.7. The third-order valence-electron chi connectivity index (χ3n) is 4.41. The van der Waals surface area contributed by atoms with E-state index in [0.29, 0.717) is 23.5 Å². The monoisotopic (exact) mass is 392 g/mol. The fourth-order valence-electron chi connectivity index (χ4n) is 3.02. The van der Waals surface area contributed by atoms with Crippen molar-refractivity contribution in [2.75, 3.05) is 0 Å². The van der Waals surface area contributed by atoms with Crippen molar-refractivity contribution in [2.45, 2.75) is 63.2 Å². The Morgan fingerprint density at radius 1 is 0.889 bits per heavy atom. The molecule has 0 saturated heterocycles. The number of phenolic OH excluding ortho intramolecular Hbond substituents is 1. The molecule has 0 fully saturated rings. The summed E-state index contributed by atoms with van der Waals surface area (Å²) in [6.07, 6.45) is 8.45. The molecule has 148 valence electrons. The zero-order valence-corrected chi connectivity index (χ0v) is 16.5. The normalized spacial score (nSPS) is 11.5. The number of ether oxygens (including phenoxy) is 1. The van der Waals surface area contributed by atoms with Gasteiger partial charge in [-0.3, -0.25) is 4.55 Å². The lowest BCUT2D eigenvalue weighted by Gasteiger charge is -2.11. The van der Waals surface area contributed by atoms with Crippen molar-refractivity contribution in [3.05, 3.63) is 48.0 Å². The van der Waals surface area contributed by atoms with Crippen LogP contribution >= 0.6 is 0 Å². The summed E-state index contributed by atoms with van der Waals surface area (Å²) in [4.78, 5) is -0.0725. The van der Waals surface area contributed by atoms with Gasteiger partial charge in [0.15, 0.2) is 0 Å². The molecule has 0 heterocycles. The largest absolute Gasteiger partial charge is 0.508 e. The molecule has 0 radical (unpaired) electrons. The first kappa shape index (κ1) is 21.3. The second-order valence-electron chi connectivity index (χ2n) is 6.72. The van der Waals surface area contributed by atoms with Gasteiger partial charge in [0.1, 0.15) is 17.2 Å². The first-order chi connectivity index (χ1) is 12.9. The molecular formula is C21H28O5S. The molecular weight excluding hydrogens is 364 g/mol. The minimum absolute atomic E-state index is 0.0725. The zero-order valence-electron chi connectivity index (χ0n) is 15.7. The van der Waals surface area contributed by atoms with Gasteiger partial charge in [-0.1, -0.05) is 51.5 Å². The lowest BCUT2D eigenvalue weighted by Crippen LogP contribution is -2.04. The van der Waals surface area contributed by atoms with Gasteiger partial charge in [0.2, 0.25) is 0 Å². The molecule has 0 saturated carbocycles. The molecule has 0 amide bonds. The van der Waals surface area contributed by atoms with Crippen molar-refractivity contribution in [1.29, 1.82) is 0 Å². The third-order valence-corrected chi connectivity index (χ3v) is 5.37. The van der Waals surface area contributed by atoms with E-state index in [1.54, 1.807) is 24.3 Å². The minimum atomic E-state index is -4.28. The highest BCUT2D eigenvalue weighted by molar-refractivity contribution is 7.85. The SMILES string of the molecule is CCCCCCCCCc1cc(Oc2cccc(O)c2)ccc1S(=O)(=O)O. The summed E-state index contributed by atoms with van der Waals surface area (Å²) in [5.74, 6) is 1.01. The topological polar surface area (TPSA) is 83.8 Å². The molecule has 0 unspecified atom stereocenters. The van der Waals surface area contributed by atoms with Crippen LogP contribution in [0, 0.1) is 0 Å². The maximum absolute atomic E-state index is 11.7. The first-order valence-corrected chi connectivity index (χ1v) is 10.9. The molecule has 2 N–H and O–H groups in total. The highest BCUT2D eigenvalue weighted by Crippen LogP contribution is 2.29. The van der Waals surface area contributed by atoms with E-state index in [0.717, 1.165) is 19.3 Å². The summed E-state index contributed by atoms with van der Waals surface area (Å²) >= 11 is 0. The molecule has 0 aliphatic rings. The number of phenols is 1. The molecule has 0 spiro atoms. The van der Waals surface area contributed by atoms with Crippen LogP contribution in [0.2, 0.25) is 0 Å². The number of unbranched alkanes of at least 4 members (excludes halogenated alkanes) is 6. The Hall–Kier alpha value is -2.05. The maximum atomic E-state index is 11.7. The second-order valence-corrected chi connectivity index (χ2v) is 8.11. The minimum Gasteiger partial charge on any atom is -0.508 e. The number of rotatable bonds is 11. The fraction of sp³-hybridized carbons (Fsp3) is 0.429. The molecule has 27 heavy (non-hydrogen) atoms. The fourth-order valence-corrected chi connectivity index (χ4v) is 3.75. The summed E-state index contributed by atoms with van der Waals surface area (Å²) in [6.45, 7) is 2.18. The van der Waals surface area contributed by atoms with E-state index in [9.17, 15) is 18.1 Å². The Bertz CT molecular complexity index is 830. The molecule has 0 aliphatic heterocycles. The summed E-state index contributed by atoms with van der Waals surface area (Å²) in [7, 11) is -4.28. The van der Waals surface area contributed by atoms with Gasteiger partial charge in [-0.25, -0.2) is 0 Å². The summed E-state index contributed by atoms with van der Waals surface area (Å²) < 4.78 is 38.5. The van der Waals surface area contributed by atoms with Crippen LogP contribution < -0.4 is 4.74 Å². The summed E-state index contributed by atoms with van der Waals surface area (Å²) in [5.41, 5.74) is 0.545. The van der Waals surface area contributed by atoms with Crippen molar-refractivity contribution in [1.82, 2.24) is 0 Å². The molecule has 6 heteroatoms. The van der Waals surface area contributed by atoms with Crippen LogP contribution in [0.5, 0.6) is 17.2 Å². The predicted octanol–water partition coefficient (Wildman–Crippen LogP) is 5.72. The van der Waals surface area contributed by atoms with Crippen LogP contribution in [0.15, 0.2) is 47.4 Å². The van der Waals surface area contributed by atoms with Crippen molar-refractivity contribution in [2.24, 2.45) is 0 Å². The molecule has 2 aromatic carbocycles. The number of hydrogen-bond donors (Lipinski definition) is 2. The lowest BCUT2D eigenvalue weighted by atomic mass is 10.0. The molecule has 0 aromatic heterocycles. The standard InChI is InChI=1S/C21H28O5S/c1-2-3-4-5-6-7-8-10-17-15-20(13-14-21(17)27(23,24)25)26-19-12-9-11-18(22)16-19/h9,11-16,22H,2-8,10H2,1H3,(H,23,24,25). The van der Waals surface area contributed by atoms with Crippen LogP contribution in [0.1, 0.15) is 57.4 Å². The maximum Gasteiger partial charge on any atom is 0.294 e. The molecule has 2 aromatic rings. The average Bonchev–Trinajstić information content (AvgIpc) is 2.60. The smallest absolute Gasteiger partial charge is 0.294 e. The van der Waals surface area contributed by atoms with Crippen LogP contribution in [0.4, 0.5) is 0 Å². The highest BCUT2D eigenvalue weighted by atomic mass is 32.2. The predicted molar refractivity (Wildman–Crippen MR) is 106 cm³/mol. The molecule has 2 rings (SSSR count). The van der Waals surface area contributed by atoms with E-state index in [2.05, 4.69) is 6.92 Å². The van der Waals surface area contributed by atoms with Crippen LogP contribution in [-0.4, -0.2) is 18.1 Å². The van der Waals surface area contributed by atoms with Gasteiger partial charge in [0.05, 0.1) is 4.90 Å². The van der Waals surface area contributed by atoms with E-state index >= 15 is 0 Å². The van der Waals surface area contributed by atoms with Gasteiger partial charge in [0, 0.05) is 6.07 Å². The Balaban J connectivity index is 2.05. The van der Waals surface area contributed by atoms with Gasteiger partial charge >= 0.3 is 0 Å². The van der Waals surface area contributed by atoms with Crippen molar-refractivity contribution in [3.63, 3.8) is 0 Å². The van der Waals surface area contributed by atoms with Crippen molar-refractivity contribution >= 4 is 10.1 Å².